The number of halogens is 1. The van der Waals surface area contributed by atoms with Crippen LogP contribution in [0.4, 0.5) is 0 Å². The Hall–Kier alpha value is -2.34. The van der Waals surface area contributed by atoms with Crippen LogP contribution in [0.3, 0.4) is 0 Å². The SMILES string of the molecule is COC(=O)C(c1ccc(Cl)cc1)c1nc(OC)cc(OC)n1. The Bertz CT molecular complexity index is 639. The van der Waals surface area contributed by atoms with Crippen LogP contribution in [-0.4, -0.2) is 37.3 Å². The molecule has 6 nitrogen and oxygen atoms in total. The van der Waals surface area contributed by atoms with Gasteiger partial charge in [0.25, 0.3) is 0 Å². The highest BCUT2D eigenvalue weighted by molar-refractivity contribution is 6.30. The fourth-order valence-electron chi connectivity index (χ4n) is 1.92. The Kier molecular flexibility index (Phi) is 5.16. The van der Waals surface area contributed by atoms with Gasteiger partial charge in [0.2, 0.25) is 11.8 Å². The van der Waals surface area contributed by atoms with Crippen LogP contribution in [0.5, 0.6) is 11.8 Å². The highest BCUT2D eigenvalue weighted by atomic mass is 35.5. The number of carbonyl (C=O) groups excluding carboxylic acids is 1. The number of benzene rings is 1. The number of aromatic nitrogens is 2. The van der Waals surface area contributed by atoms with E-state index in [0.717, 1.165) is 0 Å². The predicted molar refractivity (Wildman–Crippen MR) is 80.4 cm³/mol. The molecule has 0 amide bonds. The Morgan fingerprint density at radius 3 is 2.05 bits per heavy atom. The lowest BCUT2D eigenvalue weighted by atomic mass is 9.98. The van der Waals surface area contributed by atoms with Gasteiger partial charge in [-0.05, 0) is 17.7 Å². The normalized spacial score (nSPS) is 11.6. The monoisotopic (exact) mass is 322 g/mol. The molecule has 0 fully saturated rings. The Morgan fingerprint density at radius 1 is 1.05 bits per heavy atom. The van der Waals surface area contributed by atoms with Crippen LogP contribution >= 0.6 is 11.6 Å². The fourth-order valence-corrected chi connectivity index (χ4v) is 2.05. The molecule has 0 saturated heterocycles. The minimum atomic E-state index is -0.800. The second kappa shape index (κ2) is 7.09. The number of ether oxygens (including phenoxy) is 3. The van der Waals surface area contributed by atoms with E-state index in [1.807, 2.05) is 0 Å². The first-order valence-corrected chi connectivity index (χ1v) is 6.77. The minimum Gasteiger partial charge on any atom is -0.481 e. The van der Waals surface area contributed by atoms with E-state index in [2.05, 4.69) is 9.97 Å². The van der Waals surface area contributed by atoms with Crippen LogP contribution in [0.25, 0.3) is 0 Å². The summed E-state index contributed by atoms with van der Waals surface area (Å²) in [7, 11) is 4.25. The number of rotatable bonds is 5. The molecule has 0 bridgehead atoms. The standard InChI is InChI=1S/C15H15ClN2O4/c1-20-11-8-12(21-2)18-14(17-11)13(15(19)22-3)9-4-6-10(16)7-5-9/h4-8,13H,1-3H3. The van der Waals surface area contributed by atoms with Crippen molar-refractivity contribution in [1.82, 2.24) is 9.97 Å². The highest BCUT2D eigenvalue weighted by Gasteiger charge is 2.28. The quantitative estimate of drug-likeness (QED) is 0.787. The Balaban J connectivity index is 2.54. The van der Waals surface area contributed by atoms with Crippen LogP contribution in [0, 0.1) is 0 Å². The maximum Gasteiger partial charge on any atom is 0.320 e. The molecule has 0 spiro atoms. The van der Waals surface area contributed by atoms with Crippen LogP contribution in [0.15, 0.2) is 30.3 Å². The summed E-state index contributed by atoms with van der Waals surface area (Å²) >= 11 is 5.88. The zero-order valence-electron chi connectivity index (χ0n) is 12.4. The van der Waals surface area contributed by atoms with E-state index in [4.69, 9.17) is 25.8 Å². The summed E-state index contributed by atoms with van der Waals surface area (Å²) in [6.07, 6.45) is 0. The highest BCUT2D eigenvalue weighted by Crippen LogP contribution is 2.27. The average Bonchev–Trinajstić information content (AvgIpc) is 2.56. The van der Waals surface area contributed by atoms with Crippen molar-refractivity contribution < 1.29 is 19.0 Å². The van der Waals surface area contributed by atoms with Crippen molar-refractivity contribution in [2.24, 2.45) is 0 Å². The molecule has 0 radical (unpaired) electrons. The molecular weight excluding hydrogens is 308 g/mol. The number of hydrogen-bond donors (Lipinski definition) is 0. The van der Waals surface area contributed by atoms with Gasteiger partial charge in [-0.1, -0.05) is 23.7 Å². The van der Waals surface area contributed by atoms with Gasteiger partial charge in [0, 0.05) is 5.02 Å². The van der Waals surface area contributed by atoms with Crippen LogP contribution in [0.2, 0.25) is 5.02 Å². The molecule has 0 aliphatic carbocycles. The maximum absolute atomic E-state index is 12.2. The molecule has 1 heterocycles. The predicted octanol–water partition coefficient (Wildman–Crippen LogP) is 2.45. The summed E-state index contributed by atoms with van der Waals surface area (Å²) < 4.78 is 15.1. The molecule has 2 aromatic rings. The molecule has 1 aromatic heterocycles. The fraction of sp³-hybridized carbons (Fsp3) is 0.267. The zero-order chi connectivity index (χ0) is 16.1. The number of hydrogen-bond acceptors (Lipinski definition) is 6. The second-order valence-electron chi connectivity index (χ2n) is 4.32. The molecule has 2 rings (SSSR count). The van der Waals surface area contributed by atoms with Crippen molar-refractivity contribution >= 4 is 17.6 Å². The molecule has 0 N–H and O–H groups in total. The van der Waals surface area contributed by atoms with Crippen LogP contribution in [0.1, 0.15) is 17.3 Å². The van der Waals surface area contributed by atoms with Crippen molar-refractivity contribution in [3.05, 3.63) is 46.7 Å². The summed E-state index contributed by atoms with van der Waals surface area (Å²) in [5.74, 6) is -0.469. The van der Waals surface area contributed by atoms with E-state index >= 15 is 0 Å². The number of esters is 1. The van der Waals surface area contributed by atoms with E-state index in [0.29, 0.717) is 22.3 Å². The Morgan fingerprint density at radius 2 is 1.59 bits per heavy atom. The van der Waals surface area contributed by atoms with Crippen molar-refractivity contribution in [1.29, 1.82) is 0 Å². The van der Waals surface area contributed by atoms with E-state index < -0.39 is 11.9 Å². The first-order valence-electron chi connectivity index (χ1n) is 6.39. The number of nitrogens with zero attached hydrogens (tertiary/aromatic N) is 2. The smallest absolute Gasteiger partial charge is 0.320 e. The van der Waals surface area contributed by atoms with Gasteiger partial charge in [-0.3, -0.25) is 4.79 Å². The lowest BCUT2D eigenvalue weighted by Gasteiger charge is -2.15. The first kappa shape index (κ1) is 16.0. The summed E-state index contributed by atoms with van der Waals surface area (Å²) in [6, 6.07) is 8.34. The minimum absolute atomic E-state index is 0.227. The molecule has 0 aliphatic heterocycles. The summed E-state index contributed by atoms with van der Waals surface area (Å²) in [6.45, 7) is 0. The van der Waals surface area contributed by atoms with Gasteiger partial charge in [0.15, 0.2) is 5.82 Å². The molecule has 116 valence electrons. The largest absolute Gasteiger partial charge is 0.481 e. The van der Waals surface area contributed by atoms with E-state index in [9.17, 15) is 4.79 Å². The molecular formula is C15H15ClN2O4. The van der Waals surface area contributed by atoms with Gasteiger partial charge >= 0.3 is 5.97 Å². The molecule has 1 aromatic carbocycles. The molecule has 1 unspecified atom stereocenters. The topological polar surface area (TPSA) is 70.5 Å². The van der Waals surface area contributed by atoms with E-state index in [-0.39, 0.29) is 5.82 Å². The van der Waals surface area contributed by atoms with Crippen molar-refractivity contribution in [3.63, 3.8) is 0 Å². The first-order chi connectivity index (χ1) is 10.6. The molecule has 22 heavy (non-hydrogen) atoms. The van der Waals surface area contributed by atoms with E-state index in [1.165, 1.54) is 27.4 Å². The Labute approximate surface area is 133 Å². The van der Waals surface area contributed by atoms with Crippen molar-refractivity contribution in [2.45, 2.75) is 5.92 Å². The number of carbonyl (C=O) groups is 1. The van der Waals surface area contributed by atoms with Gasteiger partial charge in [0.1, 0.15) is 5.92 Å². The maximum atomic E-state index is 12.2. The summed E-state index contributed by atoms with van der Waals surface area (Å²) in [5, 5.41) is 0.566. The lowest BCUT2D eigenvalue weighted by molar-refractivity contribution is -0.141. The van der Waals surface area contributed by atoms with Crippen LogP contribution in [-0.2, 0) is 9.53 Å². The third-order valence-electron chi connectivity index (χ3n) is 3.01. The molecule has 7 heteroatoms. The van der Waals surface area contributed by atoms with E-state index in [1.54, 1.807) is 24.3 Å². The second-order valence-corrected chi connectivity index (χ2v) is 4.76. The van der Waals surface area contributed by atoms with Gasteiger partial charge < -0.3 is 14.2 Å². The van der Waals surface area contributed by atoms with Crippen LogP contribution < -0.4 is 9.47 Å². The summed E-state index contributed by atoms with van der Waals surface area (Å²) in [5.41, 5.74) is 0.659. The lowest BCUT2D eigenvalue weighted by Crippen LogP contribution is -2.19. The van der Waals surface area contributed by atoms with Gasteiger partial charge in [-0.15, -0.1) is 0 Å². The average molecular weight is 323 g/mol. The molecule has 0 aliphatic rings. The van der Waals surface area contributed by atoms with Gasteiger partial charge in [0.05, 0.1) is 27.4 Å². The number of methoxy groups -OCH3 is 3. The third-order valence-corrected chi connectivity index (χ3v) is 3.27. The zero-order valence-corrected chi connectivity index (χ0v) is 13.1. The molecule has 0 saturated carbocycles. The van der Waals surface area contributed by atoms with Gasteiger partial charge in [-0.2, -0.15) is 9.97 Å². The van der Waals surface area contributed by atoms with Crippen molar-refractivity contribution in [2.75, 3.05) is 21.3 Å². The van der Waals surface area contributed by atoms with Gasteiger partial charge in [-0.25, -0.2) is 0 Å². The van der Waals surface area contributed by atoms with Crippen molar-refractivity contribution in [3.8, 4) is 11.8 Å². The summed E-state index contributed by atoms with van der Waals surface area (Å²) in [4.78, 5) is 20.6. The third kappa shape index (κ3) is 3.46. The molecule has 1 atom stereocenters.